The van der Waals surface area contributed by atoms with Crippen LogP contribution in [0.5, 0.6) is 0 Å². The minimum absolute atomic E-state index is 0.0252. The van der Waals surface area contributed by atoms with Gasteiger partial charge in [-0.3, -0.25) is 4.79 Å². The average Bonchev–Trinajstić information content (AvgIpc) is 3.33. The fourth-order valence-electron chi connectivity index (χ4n) is 4.88. The number of carbonyl (C=O) groups excluding carboxylic acids is 2. The lowest BCUT2D eigenvalue weighted by Gasteiger charge is -2.33. The number of benzene rings is 1. The highest BCUT2D eigenvalue weighted by atomic mass is 32.1. The number of nitrogens with zero attached hydrogens (tertiary/aromatic N) is 3. The van der Waals surface area contributed by atoms with Crippen LogP contribution in [0.1, 0.15) is 81.7 Å². The number of amides is 1. The highest BCUT2D eigenvalue weighted by Crippen LogP contribution is 2.39. The van der Waals surface area contributed by atoms with Crippen LogP contribution in [-0.2, 0) is 14.3 Å². The summed E-state index contributed by atoms with van der Waals surface area (Å²) in [4.78, 5) is 25.9. The lowest BCUT2D eigenvalue weighted by atomic mass is 9.82. The quantitative estimate of drug-likeness (QED) is 0.512. The number of esters is 1. The third kappa shape index (κ3) is 5.95. The molecule has 1 amide bonds. The molecule has 0 bridgehead atoms. The average molecular weight is 486 g/mol. The van der Waals surface area contributed by atoms with E-state index in [2.05, 4.69) is 34.5 Å². The van der Waals surface area contributed by atoms with Crippen molar-refractivity contribution in [2.45, 2.75) is 76.7 Å². The molecule has 1 saturated carbocycles. The number of hydrogen-bond acceptors (Lipinski definition) is 7. The standard InChI is InChI=1S/C26H35N3O4S/c1-26(2,3)33-25(31)29-15-13-18(14-16-29)17-5-7-19(8-6-17)22-27-28-23(34-22)20-9-11-21(12-10-20)24(30)32-4/h5-8,18,20-21H,9-16H2,1-4H3/t20-,21-. The summed E-state index contributed by atoms with van der Waals surface area (Å²) < 4.78 is 10.4. The first-order chi connectivity index (χ1) is 16.2. The third-order valence-electron chi connectivity index (χ3n) is 6.83. The van der Waals surface area contributed by atoms with Crippen LogP contribution in [0.15, 0.2) is 24.3 Å². The summed E-state index contributed by atoms with van der Waals surface area (Å²) in [6.45, 7) is 7.14. The Morgan fingerprint density at radius 3 is 2.18 bits per heavy atom. The first kappa shape index (κ1) is 24.6. The number of ether oxygens (including phenoxy) is 2. The molecule has 0 radical (unpaired) electrons. The fraction of sp³-hybridized carbons (Fsp3) is 0.615. The molecular formula is C26H35N3O4S. The maximum Gasteiger partial charge on any atom is 0.410 e. The maximum atomic E-state index is 12.3. The minimum Gasteiger partial charge on any atom is -0.469 e. The van der Waals surface area contributed by atoms with Crippen LogP contribution >= 0.6 is 11.3 Å². The second kappa shape index (κ2) is 10.4. The van der Waals surface area contributed by atoms with Gasteiger partial charge in [-0.2, -0.15) is 0 Å². The van der Waals surface area contributed by atoms with Crippen molar-refractivity contribution >= 4 is 23.4 Å². The van der Waals surface area contributed by atoms with Gasteiger partial charge in [0.05, 0.1) is 13.0 Å². The Kier molecular flexibility index (Phi) is 7.55. The van der Waals surface area contributed by atoms with Crippen LogP contribution in [0, 0.1) is 5.92 Å². The Bertz CT molecular complexity index is 982. The Morgan fingerprint density at radius 2 is 1.59 bits per heavy atom. The normalized spacial score (nSPS) is 21.8. The van der Waals surface area contributed by atoms with Crippen molar-refractivity contribution in [3.05, 3.63) is 34.8 Å². The molecule has 0 atom stereocenters. The number of hydrogen-bond donors (Lipinski definition) is 0. The molecule has 2 aliphatic rings. The van der Waals surface area contributed by atoms with Gasteiger partial charge in [0.25, 0.3) is 0 Å². The predicted molar refractivity (Wildman–Crippen MR) is 132 cm³/mol. The van der Waals surface area contributed by atoms with Gasteiger partial charge in [-0.1, -0.05) is 35.6 Å². The largest absolute Gasteiger partial charge is 0.469 e. The zero-order valence-corrected chi connectivity index (χ0v) is 21.4. The smallest absolute Gasteiger partial charge is 0.410 e. The molecule has 1 aliphatic carbocycles. The van der Waals surface area contributed by atoms with Gasteiger partial charge in [0.2, 0.25) is 0 Å². The van der Waals surface area contributed by atoms with Gasteiger partial charge in [-0.25, -0.2) is 4.79 Å². The second-order valence-corrected chi connectivity index (χ2v) is 11.4. The Hall–Kier alpha value is -2.48. The van der Waals surface area contributed by atoms with Crippen LogP contribution in [0.3, 0.4) is 0 Å². The second-order valence-electron chi connectivity index (χ2n) is 10.4. The van der Waals surface area contributed by atoms with Crippen LogP contribution < -0.4 is 0 Å². The lowest BCUT2D eigenvalue weighted by molar-refractivity contribution is -0.146. The summed E-state index contributed by atoms with van der Waals surface area (Å²) in [5.74, 6) is 0.758. The molecule has 34 heavy (non-hydrogen) atoms. The Balaban J connectivity index is 1.31. The number of methoxy groups -OCH3 is 1. The van der Waals surface area contributed by atoms with Gasteiger partial charge in [0, 0.05) is 24.6 Å². The molecule has 0 unspecified atom stereocenters. The summed E-state index contributed by atoms with van der Waals surface area (Å²) in [7, 11) is 1.46. The topological polar surface area (TPSA) is 81.6 Å². The highest BCUT2D eigenvalue weighted by Gasteiger charge is 2.30. The number of carbonyl (C=O) groups is 2. The summed E-state index contributed by atoms with van der Waals surface area (Å²) >= 11 is 1.66. The molecule has 184 valence electrons. The van der Waals surface area contributed by atoms with E-state index < -0.39 is 5.60 Å². The Labute approximate surface area is 205 Å². The molecule has 2 fully saturated rings. The fourth-order valence-corrected chi connectivity index (χ4v) is 5.90. The van der Waals surface area contributed by atoms with E-state index in [9.17, 15) is 9.59 Å². The van der Waals surface area contributed by atoms with Gasteiger partial charge in [0.15, 0.2) is 0 Å². The molecule has 1 saturated heterocycles. The molecule has 4 rings (SSSR count). The van der Waals surface area contributed by atoms with Crippen LogP contribution in [0.2, 0.25) is 0 Å². The summed E-state index contributed by atoms with van der Waals surface area (Å²) in [6.07, 6.45) is 5.28. The van der Waals surface area contributed by atoms with Crippen molar-refractivity contribution in [1.29, 1.82) is 0 Å². The molecule has 1 aliphatic heterocycles. The molecule has 2 heterocycles. The minimum atomic E-state index is -0.462. The van der Waals surface area contributed by atoms with E-state index in [0.717, 1.165) is 67.2 Å². The van der Waals surface area contributed by atoms with Gasteiger partial charge in [-0.15, -0.1) is 10.2 Å². The lowest BCUT2D eigenvalue weighted by Crippen LogP contribution is -2.41. The molecule has 8 heteroatoms. The predicted octanol–water partition coefficient (Wildman–Crippen LogP) is 5.77. The number of piperidine rings is 1. The van der Waals surface area contributed by atoms with Gasteiger partial charge in [0.1, 0.15) is 15.6 Å². The highest BCUT2D eigenvalue weighted by molar-refractivity contribution is 7.14. The van der Waals surface area contributed by atoms with Crippen molar-refractivity contribution in [2.24, 2.45) is 5.92 Å². The van der Waals surface area contributed by atoms with Gasteiger partial charge in [-0.05, 0) is 70.8 Å². The number of aromatic nitrogens is 2. The summed E-state index contributed by atoms with van der Waals surface area (Å²) in [6, 6.07) is 8.64. The van der Waals surface area contributed by atoms with Gasteiger partial charge >= 0.3 is 12.1 Å². The molecule has 7 nitrogen and oxygen atoms in total. The van der Waals surface area contributed by atoms with Gasteiger partial charge < -0.3 is 14.4 Å². The maximum absolute atomic E-state index is 12.3. The number of rotatable bonds is 4. The van der Waals surface area contributed by atoms with Crippen LogP contribution in [0.4, 0.5) is 4.79 Å². The molecule has 1 aromatic carbocycles. The SMILES string of the molecule is COC(=O)[C@H]1CC[C@H](c2nnc(-c3ccc(C4CCN(C(=O)OC(C)(C)C)CC4)cc3)s2)CC1. The summed E-state index contributed by atoms with van der Waals surface area (Å²) in [5.41, 5.74) is 1.93. The molecule has 1 aromatic heterocycles. The number of likely N-dealkylation sites (tertiary alicyclic amines) is 1. The zero-order chi connectivity index (χ0) is 24.3. The molecule has 0 N–H and O–H groups in total. The van der Waals surface area contributed by atoms with E-state index >= 15 is 0 Å². The van der Waals surface area contributed by atoms with Crippen molar-refractivity contribution in [2.75, 3.05) is 20.2 Å². The monoisotopic (exact) mass is 485 g/mol. The van der Waals surface area contributed by atoms with E-state index in [1.807, 2.05) is 25.7 Å². The van der Waals surface area contributed by atoms with Crippen molar-refractivity contribution in [1.82, 2.24) is 15.1 Å². The first-order valence-corrected chi connectivity index (χ1v) is 13.0. The molecule has 2 aromatic rings. The van der Waals surface area contributed by atoms with Crippen molar-refractivity contribution in [3.8, 4) is 10.6 Å². The van der Waals surface area contributed by atoms with E-state index in [1.54, 1.807) is 11.3 Å². The van der Waals surface area contributed by atoms with E-state index in [1.165, 1.54) is 12.7 Å². The Morgan fingerprint density at radius 1 is 0.941 bits per heavy atom. The molecule has 0 spiro atoms. The third-order valence-corrected chi connectivity index (χ3v) is 7.96. The van der Waals surface area contributed by atoms with Crippen molar-refractivity contribution < 1.29 is 19.1 Å². The van der Waals surface area contributed by atoms with E-state index in [0.29, 0.717) is 11.8 Å². The van der Waals surface area contributed by atoms with Crippen molar-refractivity contribution in [3.63, 3.8) is 0 Å². The summed E-state index contributed by atoms with van der Waals surface area (Å²) in [5, 5.41) is 10.9. The van der Waals surface area contributed by atoms with Crippen LogP contribution in [-0.4, -0.2) is 53.0 Å². The van der Waals surface area contributed by atoms with E-state index in [-0.39, 0.29) is 18.0 Å². The first-order valence-electron chi connectivity index (χ1n) is 12.2. The van der Waals surface area contributed by atoms with Crippen LogP contribution in [0.25, 0.3) is 10.6 Å². The van der Waals surface area contributed by atoms with E-state index in [4.69, 9.17) is 9.47 Å². The zero-order valence-electron chi connectivity index (χ0n) is 20.6. The molecular weight excluding hydrogens is 450 g/mol.